The number of amides is 1. The van der Waals surface area contributed by atoms with Crippen molar-refractivity contribution in [1.82, 2.24) is 15.0 Å². The van der Waals surface area contributed by atoms with Crippen LogP contribution >= 0.6 is 34.4 Å². The first-order chi connectivity index (χ1) is 14.5. The van der Waals surface area contributed by atoms with Gasteiger partial charge in [0.2, 0.25) is 0 Å². The molecule has 0 aliphatic heterocycles. The van der Waals surface area contributed by atoms with Gasteiger partial charge < -0.3 is 0 Å². The lowest BCUT2D eigenvalue weighted by Crippen LogP contribution is -2.16. The Morgan fingerprint density at radius 1 is 1.13 bits per heavy atom. The van der Waals surface area contributed by atoms with E-state index in [0.717, 1.165) is 16.2 Å². The highest BCUT2D eigenvalue weighted by Gasteiger charge is 2.20. The number of carbonyl (C=O) groups is 1. The molecular weight excluding hydrogens is 432 g/mol. The maximum absolute atomic E-state index is 13.0. The van der Waals surface area contributed by atoms with E-state index < -0.39 is 0 Å². The van der Waals surface area contributed by atoms with E-state index in [0.29, 0.717) is 27.2 Å². The van der Waals surface area contributed by atoms with Gasteiger partial charge in [-0.3, -0.25) is 10.1 Å². The zero-order chi connectivity index (χ0) is 21.1. The molecule has 0 saturated heterocycles. The number of aromatic nitrogens is 3. The van der Waals surface area contributed by atoms with Crippen LogP contribution in [0.25, 0.3) is 10.7 Å². The third-order valence-corrected chi connectivity index (χ3v) is 6.95. The van der Waals surface area contributed by atoms with Crippen molar-refractivity contribution in [2.45, 2.75) is 25.3 Å². The van der Waals surface area contributed by atoms with Gasteiger partial charge in [0.25, 0.3) is 5.91 Å². The Balaban J connectivity index is 1.52. The molecule has 0 aliphatic rings. The van der Waals surface area contributed by atoms with Crippen LogP contribution in [0, 0.1) is 13.8 Å². The molecule has 4 aromatic rings. The van der Waals surface area contributed by atoms with Gasteiger partial charge in [0.05, 0.1) is 16.1 Å². The third-order valence-electron chi connectivity index (χ3n) is 4.49. The van der Waals surface area contributed by atoms with Crippen molar-refractivity contribution in [1.29, 1.82) is 0 Å². The molecule has 8 heteroatoms. The van der Waals surface area contributed by atoms with Crippen LogP contribution in [0.5, 0.6) is 0 Å². The SMILES string of the molecule is CSc1nc(-c2cccs2)nc(C)c1C(=O)Nc1ncc(Cc2ccc(C)cc2)s1. The highest BCUT2D eigenvalue weighted by molar-refractivity contribution is 7.98. The molecule has 5 nitrogen and oxygen atoms in total. The minimum absolute atomic E-state index is 0.231. The second kappa shape index (κ2) is 9.07. The summed E-state index contributed by atoms with van der Waals surface area (Å²) < 4.78 is 0. The molecule has 30 heavy (non-hydrogen) atoms. The first-order valence-electron chi connectivity index (χ1n) is 9.31. The third kappa shape index (κ3) is 4.61. The predicted octanol–water partition coefficient (Wildman–Crippen LogP) is 5.84. The number of nitrogens with one attached hydrogen (secondary N) is 1. The summed E-state index contributed by atoms with van der Waals surface area (Å²) in [6, 6.07) is 12.4. The van der Waals surface area contributed by atoms with Gasteiger partial charge in [-0.05, 0) is 37.1 Å². The molecule has 0 spiro atoms. The average Bonchev–Trinajstić information content (AvgIpc) is 3.41. The van der Waals surface area contributed by atoms with Gasteiger partial charge in [-0.1, -0.05) is 35.9 Å². The van der Waals surface area contributed by atoms with Crippen molar-refractivity contribution in [3.05, 3.63) is 75.2 Å². The molecule has 1 N–H and O–H groups in total. The average molecular weight is 453 g/mol. The molecule has 0 radical (unpaired) electrons. The van der Waals surface area contributed by atoms with Gasteiger partial charge in [0.1, 0.15) is 5.03 Å². The van der Waals surface area contributed by atoms with Crippen LogP contribution in [0.4, 0.5) is 5.13 Å². The number of hydrogen-bond acceptors (Lipinski definition) is 7. The fraction of sp³-hybridized carbons (Fsp3) is 0.182. The summed E-state index contributed by atoms with van der Waals surface area (Å²) in [6.45, 7) is 3.92. The van der Waals surface area contributed by atoms with Gasteiger partial charge in [-0.2, -0.15) is 0 Å². The van der Waals surface area contributed by atoms with E-state index >= 15 is 0 Å². The fourth-order valence-corrected chi connectivity index (χ4v) is 5.11. The number of anilines is 1. The van der Waals surface area contributed by atoms with Gasteiger partial charge in [0.15, 0.2) is 11.0 Å². The molecule has 0 saturated carbocycles. The molecular formula is C22H20N4OS3. The van der Waals surface area contributed by atoms with Gasteiger partial charge in [0, 0.05) is 17.5 Å². The second-order valence-electron chi connectivity index (χ2n) is 6.74. The molecule has 0 bridgehead atoms. The van der Waals surface area contributed by atoms with Crippen molar-refractivity contribution in [2.75, 3.05) is 11.6 Å². The number of thiazole rings is 1. The normalized spacial score (nSPS) is 10.9. The quantitative estimate of drug-likeness (QED) is 0.294. The lowest BCUT2D eigenvalue weighted by Gasteiger charge is -2.10. The maximum Gasteiger partial charge on any atom is 0.262 e. The first kappa shape index (κ1) is 20.7. The Morgan fingerprint density at radius 2 is 1.93 bits per heavy atom. The van der Waals surface area contributed by atoms with E-state index in [1.807, 2.05) is 36.9 Å². The van der Waals surface area contributed by atoms with E-state index in [2.05, 4.69) is 51.5 Å². The van der Waals surface area contributed by atoms with Crippen LogP contribution in [-0.2, 0) is 6.42 Å². The topological polar surface area (TPSA) is 67.8 Å². The summed E-state index contributed by atoms with van der Waals surface area (Å²) in [5.74, 6) is 0.420. The van der Waals surface area contributed by atoms with E-state index in [4.69, 9.17) is 0 Å². The van der Waals surface area contributed by atoms with Crippen molar-refractivity contribution in [3.8, 4) is 10.7 Å². The van der Waals surface area contributed by atoms with Crippen molar-refractivity contribution >= 4 is 45.5 Å². The summed E-state index contributed by atoms with van der Waals surface area (Å²) in [4.78, 5) is 28.6. The summed E-state index contributed by atoms with van der Waals surface area (Å²) >= 11 is 4.51. The lowest BCUT2D eigenvalue weighted by molar-refractivity contribution is 0.102. The zero-order valence-corrected chi connectivity index (χ0v) is 19.3. The summed E-state index contributed by atoms with van der Waals surface area (Å²) in [7, 11) is 0. The number of rotatable bonds is 6. The predicted molar refractivity (Wildman–Crippen MR) is 126 cm³/mol. The van der Waals surface area contributed by atoms with Crippen molar-refractivity contribution < 1.29 is 4.79 Å². The highest BCUT2D eigenvalue weighted by atomic mass is 32.2. The Labute approximate surface area is 187 Å². The van der Waals surface area contributed by atoms with Crippen LogP contribution in [0.1, 0.15) is 32.1 Å². The number of carbonyl (C=O) groups excluding carboxylic acids is 1. The van der Waals surface area contributed by atoms with Crippen molar-refractivity contribution in [3.63, 3.8) is 0 Å². The number of thiophene rings is 1. The zero-order valence-electron chi connectivity index (χ0n) is 16.8. The van der Waals surface area contributed by atoms with E-state index in [1.54, 1.807) is 11.3 Å². The largest absolute Gasteiger partial charge is 0.298 e. The first-order valence-corrected chi connectivity index (χ1v) is 12.2. The lowest BCUT2D eigenvalue weighted by atomic mass is 10.1. The van der Waals surface area contributed by atoms with Gasteiger partial charge in [-0.15, -0.1) is 34.4 Å². The Bertz CT molecular complexity index is 1170. The maximum atomic E-state index is 13.0. The van der Waals surface area contributed by atoms with Gasteiger partial charge in [-0.25, -0.2) is 15.0 Å². The standard InChI is InChI=1S/C22H20N4OS3/c1-13-6-8-15(9-7-13)11-16-12-23-22(30-16)26-20(27)18-14(2)24-19(25-21(18)28-3)17-5-4-10-29-17/h4-10,12H,11H2,1-3H3,(H,23,26,27). The Kier molecular flexibility index (Phi) is 6.26. The smallest absolute Gasteiger partial charge is 0.262 e. The molecule has 1 amide bonds. The molecule has 4 rings (SSSR count). The summed E-state index contributed by atoms with van der Waals surface area (Å²) in [5, 5.41) is 6.16. The second-order valence-corrected chi connectivity index (χ2v) is 9.60. The van der Waals surface area contributed by atoms with Crippen LogP contribution in [0.15, 0.2) is 53.0 Å². The number of aryl methyl sites for hydroxylation is 2. The monoisotopic (exact) mass is 452 g/mol. The van der Waals surface area contributed by atoms with E-state index in [9.17, 15) is 4.79 Å². The molecule has 0 aliphatic carbocycles. The van der Waals surface area contributed by atoms with E-state index in [1.165, 1.54) is 34.2 Å². The molecule has 0 atom stereocenters. The van der Waals surface area contributed by atoms with E-state index in [-0.39, 0.29) is 5.91 Å². The Morgan fingerprint density at radius 3 is 2.63 bits per heavy atom. The summed E-state index contributed by atoms with van der Waals surface area (Å²) in [6.07, 6.45) is 4.53. The summed E-state index contributed by atoms with van der Waals surface area (Å²) in [5.41, 5.74) is 3.62. The number of thioether (sulfide) groups is 1. The Hall–Kier alpha value is -2.55. The van der Waals surface area contributed by atoms with Crippen LogP contribution < -0.4 is 5.32 Å². The number of hydrogen-bond donors (Lipinski definition) is 1. The minimum atomic E-state index is -0.231. The number of nitrogens with zero attached hydrogens (tertiary/aromatic N) is 3. The fourth-order valence-electron chi connectivity index (χ4n) is 2.99. The highest BCUT2D eigenvalue weighted by Crippen LogP contribution is 2.28. The minimum Gasteiger partial charge on any atom is -0.298 e. The van der Waals surface area contributed by atoms with Crippen LogP contribution in [0.3, 0.4) is 0 Å². The molecule has 0 unspecified atom stereocenters. The van der Waals surface area contributed by atoms with Crippen molar-refractivity contribution in [2.24, 2.45) is 0 Å². The molecule has 1 aromatic carbocycles. The van der Waals surface area contributed by atoms with Crippen LogP contribution in [-0.4, -0.2) is 27.1 Å². The molecule has 0 fully saturated rings. The molecule has 3 heterocycles. The number of benzene rings is 1. The van der Waals surface area contributed by atoms with Gasteiger partial charge >= 0.3 is 0 Å². The van der Waals surface area contributed by atoms with Crippen LogP contribution in [0.2, 0.25) is 0 Å². The molecule has 3 aromatic heterocycles. The molecule has 152 valence electrons.